The number of alkyl halides is 1. The number of pyridine rings is 1. The first kappa shape index (κ1) is 16.9. The van der Waals surface area contributed by atoms with Gasteiger partial charge in [0.1, 0.15) is 5.71 Å². The molecular formula is C18H21FN4O3. The molecule has 7 nitrogen and oxygen atoms in total. The van der Waals surface area contributed by atoms with Crippen molar-refractivity contribution in [3.05, 3.63) is 30.1 Å². The minimum absolute atomic E-state index is 0.280. The lowest BCUT2D eigenvalue weighted by Gasteiger charge is -2.38. The van der Waals surface area contributed by atoms with Crippen LogP contribution in [0.4, 0.5) is 4.39 Å². The topological polar surface area (TPSA) is 83.9 Å². The largest absolute Gasteiger partial charge is 0.386 e. The molecular weight excluding hydrogens is 339 g/mol. The minimum atomic E-state index is -1.68. The monoisotopic (exact) mass is 360 g/mol. The second kappa shape index (κ2) is 6.34. The number of aromatic nitrogens is 1. The third kappa shape index (κ3) is 3.27. The van der Waals surface area contributed by atoms with Gasteiger partial charge in [0.25, 0.3) is 11.8 Å². The predicted octanol–water partition coefficient (Wildman–Crippen LogP) is 1.34. The van der Waals surface area contributed by atoms with Crippen LogP contribution in [-0.4, -0.2) is 51.8 Å². The molecule has 1 atom stereocenters. The number of rotatable bonds is 4. The fraction of sp³-hybridized carbons (Fsp3) is 0.556. The van der Waals surface area contributed by atoms with Gasteiger partial charge in [0.15, 0.2) is 11.3 Å². The standard InChI is InChI=1S/C18H21FN4O3/c19-18(5-6-18)16(25)23-9-1-4-17(12-23)10-14(22-26-17)15(24)21-11-13-2-7-20-8-3-13/h2-3,7-8H,1,4-6,9-12H2,(H,21,24). The molecule has 1 aromatic rings. The van der Waals surface area contributed by atoms with Crippen molar-refractivity contribution in [1.29, 1.82) is 0 Å². The lowest BCUT2D eigenvalue weighted by molar-refractivity contribution is -0.147. The number of oxime groups is 1. The molecule has 2 aliphatic heterocycles. The molecule has 8 heteroatoms. The van der Waals surface area contributed by atoms with Crippen LogP contribution in [0, 0.1) is 0 Å². The highest BCUT2D eigenvalue weighted by Gasteiger charge is 2.55. The number of halogens is 1. The van der Waals surface area contributed by atoms with Crippen molar-refractivity contribution in [3.63, 3.8) is 0 Å². The molecule has 4 rings (SSSR count). The van der Waals surface area contributed by atoms with Crippen molar-refractivity contribution in [2.75, 3.05) is 13.1 Å². The first-order chi connectivity index (χ1) is 12.5. The van der Waals surface area contributed by atoms with Gasteiger partial charge >= 0.3 is 0 Å². The highest BCUT2D eigenvalue weighted by atomic mass is 19.1. The Morgan fingerprint density at radius 1 is 1.27 bits per heavy atom. The Labute approximate surface area is 150 Å². The van der Waals surface area contributed by atoms with Gasteiger partial charge in [0, 0.05) is 31.9 Å². The van der Waals surface area contributed by atoms with Gasteiger partial charge in [0.05, 0.1) is 6.54 Å². The van der Waals surface area contributed by atoms with Crippen LogP contribution in [0.3, 0.4) is 0 Å². The number of nitrogens with one attached hydrogen (secondary N) is 1. The maximum atomic E-state index is 14.1. The summed E-state index contributed by atoms with van der Waals surface area (Å²) in [5, 5.41) is 6.77. The third-order valence-corrected chi connectivity index (χ3v) is 5.20. The minimum Gasteiger partial charge on any atom is -0.386 e. The van der Waals surface area contributed by atoms with Crippen molar-refractivity contribution in [3.8, 4) is 0 Å². The van der Waals surface area contributed by atoms with E-state index in [4.69, 9.17) is 4.84 Å². The van der Waals surface area contributed by atoms with E-state index in [1.165, 1.54) is 4.90 Å². The summed E-state index contributed by atoms with van der Waals surface area (Å²) in [6, 6.07) is 3.65. The zero-order chi connectivity index (χ0) is 18.2. The van der Waals surface area contributed by atoms with Gasteiger partial charge in [-0.25, -0.2) is 4.39 Å². The second-order valence-electron chi connectivity index (χ2n) is 7.32. The smallest absolute Gasteiger partial charge is 0.269 e. The zero-order valence-corrected chi connectivity index (χ0v) is 14.4. The second-order valence-corrected chi connectivity index (χ2v) is 7.32. The van der Waals surface area contributed by atoms with Gasteiger partial charge in [-0.15, -0.1) is 0 Å². The highest BCUT2D eigenvalue weighted by molar-refractivity contribution is 6.39. The fourth-order valence-corrected chi connectivity index (χ4v) is 3.53. The molecule has 2 amide bonds. The van der Waals surface area contributed by atoms with Gasteiger partial charge in [-0.1, -0.05) is 5.16 Å². The maximum Gasteiger partial charge on any atom is 0.269 e. The van der Waals surface area contributed by atoms with Crippen LogP contribution < -0.4 is 5.32 Å². The van der Waals surface area contributed by atoms with Gasteiger partial charge in [-0.2, -0.15) is 0 Å². The zero-order valence-electron chi connectivity index (χ0n) is 14.4. The normalized spacial score (nSPS) is 26.2. The Hall–Kier alpha value is -2.51. The Morgan fingerprint density at radius 3 is 2.77 bits per heavy atom. The van der Waals surface area contributed by atoms with Crippen molar-refractivity contribution in [2.45, 2.75) is 49.9 Å². The molecule has 1 saturated heterocycles. The maximum absolute atomic E-state index is 14.1. The molecule has 1 spiro atoms. The summed E-state index contributed by atoms with van der Waals surface area (Å²) in [5.41, 5.74) is -1.13. The van der Waals surface area contributed by atoms with Gasteiger partial charge in [-0.3, -0.25) is 14.6 Å². The molecule has 0 aromatic carbocycles. The summed E-state index contributed by atoms with van der Waals surface area (Å²) in [6.45, 7) is 1.18. The Balaban J connectivity index is 1.34. The lowest BCUT2D eigenvalue weighted by Crippen LogP contribution is -2.53. The fourth-order valence-electron chi connectivity index (χ4n) is 3.53. The van der Waals surface area contributed by atoms with E-state index < -0.39 is 17.2 Å². The Morgan fingerprint density at radius 2 is 2.04 bits per heavy atom. The third-order valence-electron chi connectivity index (χ3n) is 5.20. The van der Waals surface area contributed by atoms with E-state index in [2.05, 4.69) is 15.5 Å². The Bertz CT molecular complexity index is 750. The average Bonchev–Trinajstić information content (AvgIpc) is 3.30. The number of likely N-dealkylation sites (tertiary alicyclic amines) is 1. The van der Waals surface area contributed by atoms with E-state index in [9.17, 15) is 14.0 Å². The molecule has 0 radical (unpaired) electrons. The van der Waals surface area contributed by atoms with Crippen LogP contribution in [0.25, 0.3) is 0 Å². The Kier molecular flexibility index (Phi) is 4.13. The van der Waals surface area contributed by atoms with Crippen LogP contribution >= 0.6 is 0 Å². The van der Waals surface area contributed by atoms with Crippen LogP contribution in [0.1, 0.15) is 37.7 Å². The molecule has 1 N–H and O–H groups in total. The number of piperidine rings is 1. The molecule has 1 aromatic heterocycles. The van der Waals surface area contributed by atoms with E-state index >= 15 is 0 Å². The van der Waals surface area contributed by atoms with E-state index in [0.717, 1.165) is 5.56 Å². The van der Waals surface area contributed by atoms with Crippen molar-refractivity contribution < 1.29 is 18.8 Å². The molecule has 1 saturated carbocycles. The quantitative estimate of drug-likeness (QED) is 0.878. The SMILES string of the molecule is O=C(NCc1ccncc1)C1=NOC2(CCCN(C(=O)C3(F)CC3)C2)C1. The molecule has 26 heavy (non-hydrogen) atoms. The van der Waals surface area contributed by atoms with Crippen molar-refractivity contribution >= 4 is 17.5 Å². The summed E-state index contributed by atoms with van der Waals surface area (Å²) < 4.78 is 14.1. The van der Waals surface area contributed by atoms with Gasteiger partial charge < -0.3 is 15.1 Å². The summed E-state index contributed by atoms with van der Waals surface area (Å²) >= 11 is 0. The van der Waals surface area contributed by atoms with Crippen LogP contribution in [0.5, 0.6) is 0 Å². The summed E-state index contributed by atoms with van der Waals surface area (Å²) in [6.07, 6.45) is 5.67. The van der Waals surface area contributed by atoms with Crippen LogP contribution in [0.15, 0.2) is 29.7 Å². The number of carbonyl (C=O) groups excluding carboxylic acids is 2. The number of nitrogens with zero attached hydrogens (tertiary/aromatic N) is 3. The summed E-state index contributed by atoms with van der Waals surface area (Å²) in [7, 11) is 0. The number of amides is 2. The molecule has 3 heterocycles. The molecule has 1 unspecified atom stereocenters. The number of carbonyl (C=O) groups is 2. The first-order valence-corrected chi connectivity index (χ1v) is 8.90. The van der Waals surface area contributed by atoms with E-state index in [0.29, 0.717) is 50.9 Å². The van der Waals surface area contributed by atoms with E-state index in [1.54, 1.807) is 12.4 Å². The van der Waals surface area contributed by atoms with Crippen molar-refractivity contribution in [2.24, 2.45) is 5.16 Å². The van der Waals surface area contributed by atoms with E-state index in [-0.39, 0.29) is 12.5 Å². The number of hydrogen-bond acceptors (Lipinski definition) is 5. The molecule has 3 aliphatic rings. The molecule has 0 bridgehead atoms. The molecule has 2 fully saturated rings. The molecule has 138 valence electrons. The lowest BCUT2D eigenvalue weighted by atomic mass is 9.87. The van der Waals surface area contributed by atoms with Gasteiger partial charge in [-0.05, 0) is 43.4 Å². The van der Waals surface area contributed by atoms with E-state index in [1.807, 2.05) is 12.1 Å². The molecule has 1 aliphatic carbocycles. The summed E-state index contributed by atoms with van der Waals surface area (Å²) in [5.74, 6) is -0.734. The van der Waals surface area contributed by atoms with Crippen LogP contribution in [0.2, 0.25) is 0 Å². The van der Waals surface area contributed by atoms with Crippen molar-refractivity contribution in [1.82, 2.24) is 15.2 Å². The van der Waals surface area contributed by atoms with Gasteiger partial charge in [0.2, 0.25) is 0 Å². The predicted molar refractivity (Wildman–Crippen MR) is 90.8 cm³/mol. The number of hydrogen-bond donors (Lipinski definition) is 1. The highest BCUT2D eigenvalue weighted by Crippen LogP contribution is 2.43. The average molecular weight is 360 g/mol. The summed E-state index contributed by atoms with van der Waals surface area (Å²) in [4.78, 5) is 35.7. The first-order valence-electron chi connectivity index (χ1n) is 8.90. The van der Waals surface area contributed by atoms with Crippen LogP contribution in [-0.2, 0) is 21.0 Å².